The van der Waals surface area contributed by atoms with Gasteiger partial charge in [0, 0.05) is 25.9 Å². The summed E-state index contributed by atoms with van der Waals surface area (Å²) >= 11 is 0. The molecule has 3 N–H and O–H groups in total. The molecule has 4 amide bonds. The summed E-state index contributed by atoms with van der Waals surface area (Å²) in [4.78, 5) is 68.5. The Morgan fingerprint density at radius 3 is 2.67 bits per heavy atom. The van der Waals surface area contributed by atoms with E-state index in [0.717, 1.165) is 31.2 Å². The first-order valence-electron chi connectivity index (χ1n) is 16.2. The SMILES string of the molecule is C=CCNC(=O)C(=O)C(CCC)NC(=O)[C@@H]1C[C@@H]2CN1C(=O)[C@H](C1CCCC1)NC(=O)Cc1cccc(c1)OCCC(C)(C)O2. The maximum atomic E-state index is 14.4. The molecule has 4 bridgehead atoms. The second-order valence-electron chi connectivity index (χ2n) is 13.0. The highest BCUT2D eigenvalue weighted by atomic mass is 16.5. The maximum absolute atomic E-state index is 14.4. The molecule has 0 spiro atoms. The van der Waals surface area contributed by atoms with Gasteiger partial charge in [-0.3, -0.25) is 24.0 Å². The van der Waals surface area contributed by atoms with Crippen LogP contribution in [-0.2, 0) is 35.1 Å². The highest BCUT2D eigenvalue weighted by molar-refractivity contribution is 6.38. The summed E-state index contributed by atoms with van der Waals surface area (Å²) in [6.45, 7) is 9.97. The Labute approximate surface area is 265 Å². The molecule has 246 valence electrons. The van der Waals surface area contributed by atoms with E-state index in [2.05, 4.69) is 22.5 Å². The lowest BCUT2D eigenvalue weighted by Gasteiger charge is -2.32. The van der Waals surface area contributed by atoms with Crippen molar-refractivity contribution in [2.45, 2.75) is 108 Å². The molecule has 0 aromatic heterocycles. The molecule has 11 nitrogen and oxygen atoms in total. The van der Waals surface area contributed by atoms with Gasteiger partial charge in [0.1, 0.15) is 17.8 Å². The van der Waals surface area contributed by atoms with Crippen LogP contribution in [0, 0.1) is 5.92 Å². The lowest BCUT2D eigenvalue weighted by molar-refractivity contribution is -0.144. The minimum atomic E-state index is -1.04. The molecular formula is C34H48N4O7. The molecule has 1 saturated heterocycles. The predicted octanol–water partition coefficient (Wildman–Crippen LogP) is 2.61. The van der Waals surface area contributed by atoms with Crippen molar-refractivity contribution in [1.29, 1.82) is 0 Å². The quantitative estimate of drug-likeness (QED) is 0.283. The van der Waals surface area contributed by atoms with Crippen molar-refractivity contribution >= 4 is 29.4 Å². The summed E-state index contributed by atoms with van der Waals surface area (Å²) in [5.74, 6) is -2.08. The summed E-state index contributed by atoms with van der Waals surface area (Å²) in [5.41, 5.74) is 0.148. The van der Waals surface area contributed by atoms with Gasteiger partial charge in [0.25, 0.3) is 5.91 Å². The molecule has 45 heavy (non-hydrogen) atoms. The minimum Gasteiger partial charge on any atom is -0.493 e. The van der Waals surface area contributed by atoms with Gasteiger partial charge in [0.15, 0.2) is 0 Å². The first-order chi connectivity index (χ1) is 21.5. The van der Waals surface area contributed by atoms with Crippen LogP contribution in [0.25, 0.3) is 0 Å². The number of carbonyl (C=O) groups excluding carboxylic acids is 5. The largest absolute Gasteiger partial charge is 0.493 e. The predicted molar refractivity (Wildman–Crippen MR) is 168 cm³/mol. The molecule has 2 fully saturated rings. The molecule has 4 rings (SSSR count). The molecule has 3 aliphatic rings. The fourth-order valence-corrected chi connectivity index (χ4v) is 6.54. The number of rotatable bonds is 9. The van der Waals surface area contributed by atoms with Crippen molar-refractivity contribution in [3.8, 4) is 5.75 Å². The van der Waals surface area contributed by atoms with Crippen LogP contribution in [0.5, 0.6) is 5.75 Å². The van der Waals surface area contributed by atoms with Gasteiger partial charge >= 0.3 is 0 Å². The zero-order valence-electron chi connectivity index (χ0n) is 26.8. The number of fused-ring (bicyclic) bond motifs is 4. The first kappa shape index (κ1) is 34.1. The van der Waals surface area contributed by atoms with E-state index in [9.17, 15) is 24.0 Å². The summed E-state index contributed by atoms with van der Waals surface area (Å²) in [5, 5.41) is 8.26. The topological polar surface area (TPSA) is 143 Å². The van der Waals surface area contributed by atoms with Crippen LogP contribution in [0.4, 0.5) is 0 Å². The van der Waals surface area contributed by atoms with E-state index in [1.54, 1.807) is 0 Å². The number of hydrogen-bond acceptors (Lipinski definition) is 7. The monoisotopic (exact) mass is 624 g/mol. The number of carbonyl (C=O) groups is 5. The van der Waals surface area contributed by atoms with Gasteiger partial charge in [-0.1, -0.05) is 44.4 Å². The van der Waals surface area contributed by atoms with Crippen LogP contribution >= 0.6 is 0 Å². The van der Waals surface area contributed by atoms with Gasteiger partial charge in [0.05, 0.1) is 30.8 Å². The molecule has 4 atom stereocenters. The second-order valence-corrected chi connectivity index (χ2v) is 13.0. The molecule has 2 heterocycles. The molecule has 2 aliphatic heterocycles. The molecule has 1 aromatic carbocycles. The Morgan fingerprint density at radius 2 is 1.96 bits per heavy atom. The summed E-state index contributed by atoms with van der Waals surface area (Å²) < 4.78 is 12.5. The van der Waals surface area contributed by atoms with Gasteiger partial charge in [-0.05, 0) is 56.7 Å². The van der Waals surface area contributed by atoms with E-state index in [1.165, 1.54) is 11.0 Å². The van der Waals surface area contributed by atoms with Crippen molar-refractivity contribution in [3.05, 3.63) is 42.5 Å². The normalized spacial score (nSPS) is 24.7. The van der Waals surface area contributed by atoms with Gasteiger partial charge in [0.2, 0.25) is 23.5 Å². The number of Topliss-reactive ketones (excluding diaryl/α,β-unsaturated/α-hetero) is 1. The summed E-state index contributed by atoms with van der Waals surface area (Å²) in [6, 6.07) is 4.60. The van der Waals surface area contributed by atoms with Crippen LogP contribution in [0.15, 0.2) is 36.9 Å². The highest BCUT2D eigenvalue weighted by Gasteiger charge is 2.46. The average Bonchev–Trinajstić information content (AvgIpc) is 3.68. The molecule has 11 heteroatoms. The van der Waals surface area contributed by atoms with Crippen LogP contribution in [-0.4, -0.2) is 83.8 Å². The van der Waals surface area contributed by atoms with E-state index in [1.807, 2.05) is 45.0 Å². The number of amides is 4. The van der Waals surface area contributed by atoms with Crippen LogP contribution < -0.4 is 20.7 Å². The van der Waals surface area contributed by atoms with Crippen LogP contribution in [0.3, 0.4) is 0 Å². The molecule has 1 saturated carbocycles. The lowest BCUT2D eigenvalue weighted by atomic mass is 9.95. The van der Waals surface area contributed by atoms with Crippen LogP contribution in [0.1, 0.15) is 77.7 Å². The highest BCUT2D eigenvalue weighted by Crippen LogP contribution is 2.32. The van der Waals surface area contributed by atoms with E-state index >= 15 is 0 Å². The second kappa shape index (κ2) is 15.5. The van der Waals surface area contributed by atoms with Crippen molar-refractivity contribution in [2.24, 2.45) is 5.92 Å². The van der Waals surface area contributed by atoms with Crippen molar-refractivity contribution < 1.29 is 33.4 Å². The molecule has 1 unspecified atom stereocenters. The van der Waals surface area contributed by atoms with E-state index in [4.69, 9.17) is 9.47 Å². The third-order valence-corrected chi connectivity index (χ3v) is 8.86. The van der Waals surface area contributed by atoms with Gasteiger partial charge in [-0.15, -0.1) is 6.58 Å². The summed E-state index contributed by atoms with van der Waals surface area (Å²) in [7, 11) is 0. The Morgan fingerprint density at radius 1 is 1.20 bits per heavy atom. The Balaban J connectivity index is 1.63. The number of nitrogens with zero attached hydrogens (tertiary/aromatic N) is 1. The van der Waals surface area contributed by atoms with Gasteiger partial charge in [-0.25, -0.2) is 0 Å². The number of ether oxygens (including phenoxy) is 2. The average molecular weight is 625 g/mol. The number of nitrogens with one attached hydrogen (secondary N) is 3. The minimum absolute atomic E-state index is 0.0573. The van der Waals surface area contributed by atoms with Gasteiger partial charge < -0.3 is 30.3 Å². The van der Waals surface area contributed by atoms with Crippen molar-refractivity contribution in [2.75, 3.05) is 19.7 Å². The van der Waals surface area contributed by atoms with Crippen LogP contribution in [0.2, 0.25) is 0 Å². The molecule has 1 aromatic rings. The zero-order valence-corrected chi connectivity index (χ0v) is 26.8. The smallest absolute Gasteiger partial charge is 0.289 e. The number of hydrogen-bond donors (Lipinski definition) is 3. The van der Waals surface area contributed by atoms with Crippen molar-refractivity contribution in [1.82, 2.24) is 20.9 Å². The van der Waals surface area contributed by atoms with Crippen molar-refractivity contribution in [3.63, 3.8) is 0 Å². The standard InChI is InChI=1S/C34H48N4O7/c1-5-10-26(30(40)32(42)35-16-6-2)36-31(41)27-20-25-21-38(27)33(43)29(23-12-7-8-13-23)37-28(39)19-22-11-9-14-24(18-22)44-17-15-34(3,4)45-25/h6,9,11,14,18,23,25-27,29H,2,5,7-8,10,12-13,15-17,19-21H2,1,3-4H3,(H,35,42)(H,36,41)(H,37,39)/t25-,26?,27+,29+/m1/s1. The first-order valence-corrected chi connectivity index (χ1v) is 16.2. The molecule has 0 radical (unpaired) electrons. The number of ketones is 1. The van der Waals surface area contributed by atoms with Gasteiger partial charge in [-0.2, -0.15) is 0 Å². The Bertz CT molecular complexity index is 1260. The number of benzene rings is 1. The third kappa shape index (κ3) is 9.15. The fraction of sp³-hybridized carbons (Fsp3) is 0.618. The maximum Gasteiger partial charge on any atom is 0.289 e. The van der Waals surface area contributed by atoms with E-state index in [0.29, 0.717) is 25.2 Å². The Kier molecular flexibility index (Phi) is 11.8. The zero-order chi connectivity index (χ0) is 32.6. The lowest BCUT2D eigenvalue weighted by Crippen LogP contribution is -2.57. The Hall–Kier alpha value is -3.73. The molecular weight excluding hydrogens is 576 g/mol. The van der Waals surface area contributed by atoms with E-state index in [-0.39, 0.29) is 50.1 Å². The fourth-order valence-electron chi connectivity index (χ4n) is 6.54. The summed E-state index contributed by atoms with van der Waals surface area (Å²) in [6.07, 6.45) is 6.19. The third-order valence-electron chi connectivity index (χ3n) is 8.86. The van der Waals surface area contributed by atoms with E-state index < -0.39 is 47.4 Å². The molecule has 1 aliphatic carbocycles.